The fourth-order valence-corrected chi connectivity index (χ4v) is 6.12. The Morgan fingerprint density at radius 1 is 1.00 bits per heavy atom. The first-order valence-electron chi connectivity index (χ1n) is 10.1. The second kappa shape index (κ2) is 11.3. The lowest BCUT2D eigenvalue weighted by molar-refractivity contribution is -0.152. The number of nitrogens with one attached hydrogen (secondary N) is 1. The molecule has 1 aliphatic rings. The largest absolute Gasteiger partial charge is 0.454 e. The zero-order valence-corrected chi connectivity index (χ0v) is 25.7. The van der Waals surface area contributed by atoms with Crippen molar-refractivity contribution in [1.29, 1.82) is 0 Å². The van der Waals surface area contributed by atoms with Crippen LogP contribution in [-0.2, 0) is 20.5 Å². The molecule has 0 saturated heterocycles. The minimum absolute atomic E-state index is 0.0299. The Balaban J connectivity index is 1.80. The van der Waals surface area contributed by atoms with Gasteiger partial charge < -0.3 is 10.1 Å². The van der Waals surface area contributed by atoms with Crippen LogP contribution in [0.15, 0.2) is 36.1 Å². The zero-order chi connectivity index (χ0) is 28.0. The summed E-state index contributed by atoms with van der Waals surface area (Å²) in [5, 5.41) is 2.00. The van der Waals surface area contributed by atoms with E-state index in [0.29, 0.717) is 24.0 Å². The van der Waals surface area contributed by atoms with Gasteiger partial charge in [0.25, 0.3) is 17.7 Å². The molecule has 0 bridgehead atoms. The number of benzene rings is 2. The van der Waals surface area contributed by atoms with Crippen molar-refractivity contribution < 1.29 is 37.1 Å². The summed E-state index contributed by atoms with van der Waals surface area (Å²) in [7, 11) is 0. The van der Waals surface area contributed by atoms with Crippen molar-refractivity contribution >= 4 is 105 Å². The first-order valence-corrected chi connectivity index (χ1v) is 13.7. The summed E-state index contributed by atoms with van der Waals surface area (Å²) in [6.45, 7) is 2.25. The molecular weight excluding hydrogens is 784 g/mol. The molecular formula is C22H14Br4ClF3N2O5. The van der Waals surface area contributed by atoms with Crippen LogP contribution >= 0.6 is 75.3 Å². The summed E-state index contributed by atoms with van der Waals surface area (Å²) in [5.41, 5.74) is -1.31. The third-order valence-electron chi connectivity index (χ3n) is 5.20. The van der Waals surface area contributed by atoms with Crippen LogP contribution in [-0.4, -0.2) is 41.2 Å². The molecule has 7 nitrogen and oxygen atoms in total. The van der Waals surface area contributed by atoms with Gasteiger partial charge in [-0.05, 0) is 87.8 Å². The number of rotatable bonds is 6. The second-order valence-electron chi connectivity index (χ2n) is 8.02. The van der Waals surface area contributed by atoms with Crippen molar-refractivity contribution in [2.24, 2.45) is 5.92 Å². The molecule has 37 heavy (non-hydrogen) atoms. The number of alkyl halides is 3. The van der Waals surface area contributed by atoms with Crippen LogP contribution < -0.4 is 5.32 Å². The normalized spacial score (nSPS) is 14.2. The molecule has 2 aromatic carbocycles. The molecule has 1 N–H and O–H groups in total. The average Bonchev–Trinajstić information content (AvgIpc) is 3.06. The van der Waals surface area contributed by atoms with Crippen molar-refractivity contribution in [3.63, 3.8) is 0 Å². The smallest absolute Gasteiger partial charge is 0.416 e. The maximum atomic E-state index is 13.2. The number of hydrogen-bond acceptors (Lipinski definition) is 5. The lowest BCUT2D eigenvalue weighted by atomic mass is 10.0. The molecule has 1 aliphatic heterocycles. The number of carbonyl (C=O) groups excluding carboxylic acids is 4. The zero-order valence-electron chi connectivity index (χ0n) is 18.6. The van der Waals surface area contributed by atoms with Crippen LogP contribution in [0.25, 0.3) is 0 Å². The van der Waals surface area contributed by atoms with E-state index in [4.69, 9.17) is 16.3 Å². The molecule has 0 aromatic heterocycles. The molecule has 1 heterocycles. The average molecular weight is 798 g/mol. The van der Waals surface area contributed by atoms with Gasteiger partial charge in [0, 0.05) is 17.9 Å². The number of imide groups is 1. The van der Waals surface area contributed by atoms with Crippen molar-refractivity contribution in [2.45, 2.75) is 26.1 Å². The van der Waals surface area contributed by atoms with Gasteiger partial charge >= 0.3 is 12.1 Å². The van der Waals surface area contributed by atoms with Crippen molar-refractivity contribution in [2.75, 3.05) is 11.9 Å². The third kappa shape index (κ3) is 5.92. The predicted octanol–water partition coefficient (Wildman–Crippen LogP) is 7.21. The van der Waals surface area contributed by atoms with Gasteiger partial charge in [0.1, 0.15) is 6.04 Å². The van der Waals surface area contributed by atoms with Crippen LogP contribution in [0.3, 0.4) is 0 Å². The molecule has 0 spiro atoms. The number of esters is 1. The number of ether oxygens (including phenoxy) is 1. The minimum atomic E-state index is -4.66. The fourth-order valence-electron chi connectivity index (χ4n) is 3.50. The standard InChI is InChI=1S/C22H14Br4ClF3N2O5/c1-7(2)18(32-19(34)12-13(20(32)35)15(24)17(26)16(25)14(12)23)21(36)37-6-11(33)31-10-5-8(22(28,29)30)3-4-9(10)27/h3-5,7,18H,6H2,1-2H3,(H,31,33). The maximum absolute atomic E-state index is 13.2. The SMILES string of the molecule is CC(C)C(C(=O)OCC(=O)Nc1cc(C(F)(F)F)ccc1Cl)N1C(=O)c2c(Br)c(Br)c(Br)c(Br)c2C1=O. The Bertz CT molecular complexity index is 1290. The van der Waals surface area contributed by atoms with Crippen molar-refractivity contribution in [3.05, 3.63) is 57.8 Å². The topological polar surface area (TPSA) is 92.8 Å². The summed E-state index contributed by atoms with van der Waals surface area (Å²) < 4.78 is 45.5. The fraction of sp³-hybridized carbons (Fsp3) is 0.273. The molecule has 1 unspecified atom stereocenters. The first kappa shape index (κ1) is 30.1. The minimum Gasteiger partial charge on any atom is -0.454 e. The van der Waals surface area contributed by atoms with Crippen molar-refractivity contribution in [3.8, 4) is 0 Å². The molecule has 2 aromatic rings. The lowest BCUT2D eigenvalue weighted by Crippen LogP contribution is -2.49. The van der Waals surface area contributed by atoms with Gasteiger partial charge in [-0.1, -0.05) is 25.4 Å². The molecule has 15 heteroatoms. The highest BCUT2D eigenvalue weighted by atomic mass is 79.9. The van der Waals surface area contributed by atoms with Crippen LogP contribution in [0.1, 0.15) is 40.1 Å². The van der Waals surface area contributed by atoms with E-state index in [1.165, 1.54) is 0 Å². The molecule has 0 fully saturated rings. The lowest BCUT2D eigenvalue weighted by Gasteiger charge is -2.27. The summed E-state index contributed by atoms with van der Waals surface area (Å²) in [5.74, 6) is -4.15. The quantitative estimate of drug-likeness (QED) is 0.145. The Morgan fingerprint density at radius 2 is 1.51 bits per heavy atom. The van der Waals surface area contributed by atoms with Gasteiger partial charge in [0.2, 0.25) is 0 Å². The Morgan fingerprint density at radius 3 is 1.97 bits per heavy atom. The highest BCUT2D eigenvalue weighted by Crippen LogP contribution is 2.46. The maximum Gasteiger partial charge on any atom is 0.416 e. The van der Waals surface area contributed by atoms with Crippen LogP contribution in [0.4, 0.5) is 18.9 Å². The summed E-state index contributed by atoms with van der Waals surface area (Å²) in [4.78, 5) is 52.5. The molecule has 3 amide bonds. The number of nitrogens with zero attached hydrogens (tertiary/aromatic N) is 1. The molecule has 198 valence electrons. The van der Waals surface area contributed by atoms with Gasteiger partial charge in [-0.15, -0.1) is 0 Å². The van der Waals surface area contributed by atoms with E-state index in [2.05, 4.69) is 69.0 Å². The Labute approximate surface area is 246 Å². The summed E-state index contributed by atoms with van der Waals surface area (Å²) in [6.07, 6.45) is -4.66. The van der Waals surface area contributed by atoms with Crippen LogP contribution in [0, 0.1) is 5.92 Å². The molecule has 0 radical (unpaired) electrons. The van der Waals surface area contributed by atoms with Crippen molar-refractivity contribution in [1.82, 2.24) is 4.90 Å². The van der Waals surface area contributed by atoms with E-state index >= 15 is 0 Å². The first-order chi connectivity index (χ1) is 17.1. The van der Waals surface area contributed by atoms with E-state index < -0.39 is 54.0 Å². The highest BCUT2D eigenvalue weighted by Gasteiger charge is 2.48. The second-order valence-corrected chi connectivity index (χ2v) is 11.6. The number of fused-ring (bicyclic) bond motifs is 1. The monoisotopic (exact) mass is 794 g/mol. The molecule has 0 aliphatic carbocycles. The van der Waals surface area contributed by atoms with E-state index in [9.17, 15) is 32.3 Å². The number of anilines is 1. The third-order valence-corrected chi connectivity index (χ3v) is 10.3. The number of carbonyl (C=O) groups is 4. The van der Waals surface area contributed by atoms with Gasteiger partial charge in [-0.25, -0.2) is 4.79 Å². The van der Waals surface area contributed by atoms with Gasteiger partial charge in [0.05, 0.1) is 27.4 Å². The van der Waals surface area contributed by atoms with Gasteiger partial charge in [-0.3, -0.25) is 19.3 Å². The number of halogens is 8. The number of hydrogen-bond donors (Lipinski definition) is 1. The predicted molar refractivity (Wildman–Crippen MR) is 142 cm³/mol. The molecule has 1 atom stereocenters. The van der Waals surface area contributed by atoms with Gasteiger partial charge in [-0.2, -0.15) is 13.2 Å². The highest BCUT2D eigenvalue weighted by molar-refractivity contribution is 9.15. The summed E-state index contributed by atoms with van der Waals surface area (Å²) in [6, 6.07) is 0.967. The van der Waals surface area contributed by atoms with E-state index in [1.807, 2.05) is 0 Å². The van der Waals surface area contributed by atoms with Gasteiger partial charge in [0.15, 0.2) is 6.61 Å². The molecule has 3 rings (SSSR count). The van der Waals surface area contributed by atoms with Crippen LogP contribution in [0.2, 0.25) is 5.02 Å². The van der Waals surface area contributed by atoms with Crippen LogP contribution in [0.5, 0.6) is 0 Å². The number of amides is 3. The van der Waals surface area contributed by atoms with E-state index in [0.717, 1.165) is 17.0 Å². The van der Waals surface area contributed by atoms with E-state index in [1.54, 1.807) is 13.8 Å². The van der Waals surface area contributed by atoms with E-state index in [-0.39, 0.29) is 21.8 Å². The Hall–Kier alpha value is -1.48. The summed E-state index contributed by atoms with van der Waals surface area (Å²) >= 11 is 19.1. The molecule has 0 saturated carbocycles. The Kier molecular flexibility index (Phi) is 9.20.